The average molecular weight is 714 g/mol. The van der Waals surface area contributed by atoms with Gasteiger partial charge in [0.15, 0.2) is 0 Å². The van der Waals surface area contributed by atoms with Crippen molar-refractivity contribution in [3.8, 4) is 0 Å². The minimum atomic E-state index is 0. The molecule has 0 aliphatic heterocycles. The van der Waals surface area contributed by atoms with Gasteiger partial charge in [-0.25, -0.2) is 0 Å². The molecular formula is C20H29I3O4. The zero-order valence-corrected chi connectivity index (χ0v) is 23.0. The van der Waals surface area contributed by atoms with Gasteiger partial charge < -0.3 is 15.0 Å². The number of carbonyl (C=O) groups is 2. The molecule has 0 spiro atoms. The van der Waals surface area contributed by atoms with Crippen LogP contribution in [0, 0.1) is 27.7 Å². The number of hydrogen-bond acceptors (Lipinski definition) is 4. The fraction of sp³-hybridized carbons (Fsp3) is 0.300. The van der Waals surface area contributed by atoms with Gasteiger partial charge in [0, 0.05) is 49.9 Å². The summed E-state index contributed by atoms with van der Waals surface area (Å²) in [6.45, 7) is 10.3. The molecule has 0 aliphatic carbocycles. The molecule has 0 saturated heterocycles. The maximum atomic E-state index is 10.3. The van der Waals surface area contributed by atoms with Crippen molar-refractivity contribution in [1.82, 2.24) is 0 Å². The molecule has 154 valence electrons. The smallest absolute Gasteiger partial charge is 0.150 e. The zero-order chi connectivity index (χ0) is 21.1. The maximum Gasteiger partial charge on any atom is 0.150 e. The van der Waals surface area contributed by atoms with Crippen LogP contribution in [0.2, 0.25) is 0 Å². The Bertz CT molecular complexity index is 620. The monoisotopic (exact) mass is 714 g/mol. The van der Waals surface area contributed by atoms with Crippen LogP contribution in [-0.2, 0) is 11.4 Å². The fourth-order valence-electron chi connectivity index (χ4n) is 1.74. The number of benzene rings is 2. The Morgan fingerprint density at radius 3 is 1.59 bits per heavy atom. The second-order valence-electron chi connectivity index (χ2n) is 5.04. The van der Waals surface area contributed by atoms with Crippen molar-refractivity contribution in [3.05, 3.63) is 69.8 Å². The molecule has 2 aromatic rings. The van der Waals surface area contributed by atoms with E-state index in [1.807, 2.05) is 57.0 Å². The van der Waals surface area contributed by atoms with Crippen LogP contribution in [0.1, 0.15) is 38.2 Å². The quantitative estimate of drug-likeness (QED) is 0.309. The number of hydrogen-bond donors (Lipinski definition) is 2. The lowest BCUT2D eigenvalue weighted by Crippen LogP contribution is -1.86. The van der Waals surface area contributed by atoms with E-state index in [2.05, 4.69) is 51.1 Å². The third-order valence-corrected chi connectivity index (χ3v) is 3.42. The molecule has 2 aromatic carbocycles. The summed E-state index contributed by atoms with van der Waals surface area (Å²) in [5.74, 6) is 0. The molecule has 0 heterocycles. The molecule has 0 aromatic heterocycles. The van der Waals surface area contributed by atoms with E-state index in [9.17, 15) is 4.79 Å². The molecule has 4 nitrogen and oxygen atoms in total. The van der Waals surface area contributed by atoms with Gasteiger partial charge in [-0.3, -0.25) is 4.79 Å². The van der Waals surface area contributed by atoms with E-state index in [-0.39, 0.29) is 30.6 Å². The molecule has 27 heavy (non-hydrogen) atoms. The molecule has 0 bridgehead atoms. The van der Waals surface area contributed by atoms with Crippen molar-refractivity contribution in [2.45, 2.75) is 34.3 Å². The first kappa shape index (κ1) is 34.4. The van der Waals surface area contributed by atoms with Crippen LogP contribution in [0.25, 0.3) is 0 Å². The highest BCUT2D eigenvalue weighted by Crippen LogP contribution is 2.09. The lowest BCUT2D eigenvalue weighted by molar-refractivity contribution is -0.0980. The molecule has 0 unspecified atom stereocenters. The van der Waals surface area contributed by atoms with E-state index in [4.69, 9.17) is 15.0 Å². The molecule has 0 saturated carbocycles. The highest BCUT2D eigenvalue weighted by Gasteiger charge is 1.93. The van der Waals surface area contributed by atoms with Gasteiger partial charge in [-0.05, 0) is 61.6 Å². The number of rotatable bonds is 2. The highest BCUT2D eigenvalue weighted by atomic mass is 128. The van der Waals surface area contributed by atoms with Crippen molar-refractivity contribution in [2.75, 3.05) is 7.11 Å². The molecule has 0 amide bonds. The predicted octanol–water partition coefficient (Wildman–Crippen LogP) is 5.72. The highest BCUT2D eigenvalue weighted by molar-refractivity contribution is 15.0. The van der Waals surface area contributed by atoms with Crippen LogP contribution in [0.3, 0.4) is 0 Å². The lowest BCUT2D eigenvalue weighted by atomic mass is 10.1. The fourth-order valence-corrected chi connectivity index (χ4v) is 1.74. The van der Waals surface area contributed by atoms with Crippen molar-refractivity contribution < 1.29 is 19.8 Å². The summed E-state index contributed by atoms with van der Waals surface area (Å²) >= 11 is 4.24. The Kier molecular flexibility index (Phi) is 30.5. The number of aldehydes is 1. The average Bonchev–Trinajstić information content (AvgIpc) is 2.71. The van der Waals surface area contributed by atoms with Gasteiger partial charge >= 0.3 is 0 Å². The summed E-state index contributed by atoms with van der Waals surface area (Å²) in [6, 6.07) is 11.7. The number of aryl methyl sites for hydroxylation is 4. The third kappa shape index (κ3) is 16.5. The second kappa shape index (κ2) is 23.9. The second-order valence-corrected chi connectivity index (χ2v) is 5.04. The van der Waals surface area contributed by atoms with Gasteiger partial charge in [0.1, 0.15) is 13.1 Å². The predicted molar refractivity (Wildman–Crippen MR) is 142 cm³/mol. The van der Waals surface area contributed by atoms with Gasteiger partial charge in [-0.2, -0.15) is 0 Å². The van der Waals surface area contributed by atoms with E-state index in [1.54, 1.807) is 0 Å². The van der Waals surface area contributed by atoms with E-state index >= 15 is 0 Å². The Morgan fingerprint density at radius 2 is 1.26 bits per heavy atom. The Morgan fingerprint density at radius 1 is 0.852 bits per heavy atom. The van der Waals surface area contributed by atoms with Crippen molar-refractivity contribution in [3.63, 3.8) is 0 Å². The SMILES string of the molecule is C=O.CO.Cc1ccc(C=O)cc1C.Cc1ccc(CO)cc1C.I.II. The molecule has 0 aliphatic rings. The molecular weight excluding hydrogens is 685 g/mol. The molecule has 0 radical (unpaired) electrons. The van der Waals surface area contributed by atoms with Crippen molar-refractivity contribution in [2.24, 2.45) is 0 Å². The van der Waals surface area contributed by atoms with E-state index in [0.717, 1.165) is 24.5 Å². The maximum absolute atomic E-state index is 10.3. The first-order valence-electron chi connectivity index (χ1n) is 7.55. The third-order valence-electron chi connectivity index (χ3n) is 3.42. The summed E-state index contributed by atoms with van der Waals surface area (Å²) in [5, 5.41) is 15.8. The molecule has 0 fully saturated rings. The number of aliphatic hydroxyl groups is 2. The van der Waals surface area contributed by atoms with Gasteiger partial charge in [0.25, 0.3) is 0 Å². The largest absolute Gasteiger partial charge is 0.400 e. The van der Waals surface area contributed by atoms with Crippen molar-refractivity contribution >= 4 is 74.3 Å². The normalized spacial score (nSPS) is 7.74. The van der Waals surface area contributed by atoms with E-state index < -0.39 is 0 Å². The van der Waals surface area contributed by atoms with Crippen LogP contribution in [0.4, 0.5) is 0 Å². The summed E-state index contributed by atoms with van der Waals surface area (Å²) in [6.07, 6.45) is 0.867. The minimum Gasteiger partial charge on any atom is -0.400 e. The summed E-state index contributed by atoms with van der Waals surface area (Å²) in [4.78, 5) is 18.3. The van der Waals surface area contributed by atoms with E-state index in [1.165, 1.54) is 22.3 Å². The molecule has 0 atom stereocenters. The molecule has 7 heteroatoms. The minimum absolute atomic E-state index is 0. The first-order valence-corrected chi connectivity index (χ1v) is 13.8. The van der Waals surface area contributed by atoms with Crippen LogP contribution in [-0.4, -0.2) is 30.4 Å². The van der Waals surface area contributed by atoms with Gasteiger partial charge in [-0.15, -0.1) is 24.0 Å². The van der Waals surface area contributed by atoms with Crippen LogP contribution >= 0.6 is 61.2 Å². The Hall–Kier alpha value is -0.110. The van der Waals surface area contributed by atoms with Gasteiger partial charge in [0.2, 0.25) is 0 Å². The standard InChI is InChI=1S/C9H12O.C9H10O.CH4O.CH2O.I2.HI/c2*1-7-3-4-9(6-10)5-8(7)2;3*1-2;/h3-5,10H,6H2,1-2H3;3-6H,1-2H3;2H,1H3;1H2;;1H. The first-order chi connectivity index (χ1) is 12.5. The number of halogens is 3. The topological polar surface area (TPSA) is 74.6 Å². The number of carbonyl (C=O) groups excluding carboxylic acids is 2. The summed E-state index contributed by atoms with van der Waals surface area (Å²) in [7, 11) is 1.00. The molecule has 2 N–H and O–H groups in total. The zero-order valence-electron chi connectivity index (χ0n) is 16.3. The van der Waals surface area contributed by atoms with Crippen LogP contribution in [0.5, 0.6) is 0 Å². The van der Waals surface area contributed by atoms with E-state index in [0.29, 0.717) is 0 Å². The number of aliphatic hydroxyl groups excluding tert-OH is 2. The van der Waals surface area contributed by atoms with Crippen LogP contribution in [0.15, 0.2) is 36.4 Å². The van der Waals surface area contributed by atoms with Gasteiger partial charge in [-0.1, -0.05) is 30.3 Å². The molecule has 2 rings (SSSR count). The summed E-state index contributed by atoms with van der Waals surface area (Å²) < 4.78 is 0. The summed E-state index contributed by atoms with van der Waals surface area (Å²) in [5.41, 5.74) is 6.66. The Balaban J connectivity index is -0.000000149. The van der Waals surface area contributed by atoms with Gasteiger partial charge in [0.05, 0.1) is 6.61 Å². The van der Waals surface area contributed by atoms with Crippen LogP contribution < -0.4 is 0 Å². The lowest BCUT2D eigenvalue weighted by Gasteiger charge is -2.00. The Labute approximate surface area is 203 Å². The van der Waals surface area contributed by atoms with Crippen molar-refractivity contribution in [1.29, 1.82) is 0 Å².